The van der Waals surface area contributed by atoms with Crippen LogP contribution in [-0.2, 0) is 26.7 Å². The summed E-state index contributed by atoms with van der Waals surface area (Å²) >= 11 is 0. The Morgan fingerprint density at radius 2 is 1.03 bits per heavy atom. The summed E-state index contributed by atoms with van der Waals surface area (Å²) in [7, 11) is 0. The summed E-state index contributed by atoms with van der Waals surface area (Å²) in [6.07, 6.45) is 11.3. The molecule has 0 radical (unpaired) electrons. The van der Waals surface area contributed by atoms with Crippen molar-refractivity contribution in [1.82, 2.24) is 0 Å². The van der Waals surface area contributed by atoms with E-state index in [9.17, 15) is 9.59 Å². The maximum atomic E-state index is 10.2. The van der Waals surface area contributed by atoms with Crippen LogP contribution in [0.3, 0.4) is 0 Å². The molecule has 0 saturated carbocycles. The molecule has 12 nitrogen and oxygen atoms in total. The van der Waals surface area contributed by atoms with Gasteiger partial charge in [-0.1, -0.05) is 33.7 Å². The number of rotatable bonds is 3. The smallest absolute Gasteiger partial charge is 0.150 e. The van der Waals surface area contributed by atoms with Gasteiger partial charge in [0.15, 0.2) is 0 Å². The van der Waals surface area contributed by atoms with E-state index in [1.807, 2.05) is 0 Å². The molecule has 0 heterocycles. The molecule has 0 aromatic rings. The number of hydrogen-bond acceptors (Lipinski definition) is 12. The molecule has 13 heteroatoms. The van der Waals surface area contributed by atoms with Gasteiger partial charge in [0, 0.05) is 28.2 Å². The van der Waals surface area contributed by atoms with Crippen molar-refractivity contribution in [2.24, 2.45) is 15.5 Å². The molecule has 3 aliphatic carbocycles. The van der Waals surface area contributed by atoms with Gasteiger partial charge in [-0.15, -0.1) is 0 Å². The Kier molecular flexibility index (Phi) is 14.6. The average molecular weight is 517 g/mol. The minimum absolute atomic E-state index is 0. The largest absolute Gasteiger partial charge is 0.411 e. The van der Waals surface area contributed by atoms with Crippen LogP contribution in [0.1, 0.15) is 0 Å². The number of aldehydes is 2. The number of carbonyl (C=O) groups excluding carboxylic acids is 2. The molecule has 0 aliphatic heterocycles. The second kappa shape index (κ2) is 16.2. The van der Waals surface area contributed by atoms with Crippen molar-refractivity contribution >= 4 is 29.7 Å². The molecule has 7 N–H and O–H groups in total. The van der Waals surface area contributed by atoms with Crippen LogP contribution in [0.5, 0.6) is 0 Å². The first-order chi connectivity index (χ1) is 15.8. The standard InChI is InChI=1S/C7H9NO3.2C7H7NO3.Fe/c3*9-4-5-1-2-7(10)6(3-5)8-11;/h1-3,7,9-11H,4H2;2*1-4,7,10-11H;. The van der Waals surface area contributed by atoms with Crippen molar-refractivity contribution in [2.75, 3.05) is 6.61 Å². The van der Waals surface area contributed by atoms with Gasteiger partial charge >= 0.3 is 0 Å². The third-order valence-electron chi connectivity index (χ3n) is 4.11. The molecule has 3 unspecified atom stereocenters. The quantitative estimate of drug-likeness (QED) is 0.110. The summed E-state index contributed by atoms with van der Waals surface area (Å²) in [5, 5.41) is 69.2. The molecule has 0 bridgehead atoms. The van der Waals surface area contributed by atoms with Crippen molar-refractivity contribution in [3.05, 3.63) is 71.4 Å². The maximum Gasteiger partial charge on any atom is 0.150 e. The molecule has 34 heavy (non-hydrogen) atoms. The molecule has 0 spiro atoms. The summed E-state index contributed by atoms with van der Waals surface area (Å²) in [5.74, 6) is 0. The normalized spacial score (nSPS) is 26.2. The number of aliphatic hydroxyl groups is 4. The van der Waals surface area contributed by atoms with Crippen molar-refractivity contribution < 1.29 is 62.7 Å². The monoisotopic (exact) mass is 517 g/mol. The van der Waals surface area contributed by atoms with Gasteiger partial charge < -0.3 is 36.0 Å². The van der Waals surface area contributed by atoms with Crippen molar-refractivity contribution in [2.45, 2.75) is 18.3 Å². The fourth-order valence-corrected chi connectivity index (χ4v) is 2.36. The van der Waals surface area contributed by atoms with E-state index in [1.165, 1.54) is 48.6 Å². The molecule has 0 fully saturated rings. The summed E-state index contributed by atoms with van der Waals surface area (Å²) in [4.78, 5) is 20.4. The molecule has 0 aromatic heterocycles. The van der Waals surface area contributed by atoms with Crippen molar-refractivity contribution in [3.8, 4) is 0 Å². The van der Waals surface area contributed by atoms with Crippen molar-refractivity contribution in [1.29, 1.82) is 0 Å². The minimum atomic E-state index is -0.913. The SMILES string of the molecule is O=CC1=CC(=NO)C(O)C=C1.O=CC1=CC(=NO)C(O)C=C1.OCC1=CC(=NO)C(O)C=C1.[Fe]. The van der Waals surface area contributed by atoms with Crippen LogP contribution in [-0.4, -0.2) is 90.7 Å². The molecule has 3 rings (SSSR count). The molecular formula is C21H23FeN3O9. The van der Waals surface area contributed by atoms with E-state index in [0.717, 1.165) is 0 Å². The van der Waals surface area contributed by atoms with Gasteiger partial charge in [-0.25, -0.2) is 0 Å². The van der Waals surface area contributed by atoms with Gasteiger partial charge in [0.2, 0.25) is 0 Å². The number of allylic oxidation sites excluding steroid dienone is 4. The molecule has 3 atom stereocenters. The number of hydrogen-bond donors (Lipinski definition) is 7. The van der Waals surface area contributed by atoms with Gasteiger partial charge in [-0.2, -0.15) is 0 Å². The Balaban J connectivity index is 0.000000473. The summed E-state index contributed by atoms with van der Waals surface area (Å²) in [6, 6.07) is 0. The van der Waals surface area contributed by atoms with Crippen LogP contribution in [0, 0.1) is 0 Å². The van der Waals surface area contributed by atoms with Crippen molar-refractivity contribution in [3.63, 3.8) is 0 Å². The molecule has 0 aromatic carbocycles. The maximum absolute atomic E-state index is 10.2. The zero-order chi connectivity index (χ0) is 24.8. The second-order valence-electron chi connectivity index (χ2n) is 6.39. The molecule has 0 amide bonds. The predicted octanol–water partition coefficient (Wildman–Crippen LogP) is -0.591. The van der Waals surface area contributed by atoms with E-state index in [-0.39, 0.29) is 40.8 Å². The Morgan fingerprint density at radius 3 is 1.35 bits per heavy atom. The van der Waals surface area contributed by atoms with E-state index in [4.69, 9.17) is 36.0 Å². The Labute approximate surface area is 204 Å². The number of nitrogens with zero attached hydrogens (tertiary/aromatic N) is 3. The Hall–Kier alpha value is -3.45. The first-order valence-electron chi connectivity index (χ1n) is 9.23. The Morgan fingerprint density at radius 1 is 0.676 bits per heavy atom. The van der Waals surface area contributed by atoms with E-state index < -0.39 is 18.3 Å². The summed E-state index contributed by atoms with van der Waals surface area (Å²) in [6.45, 7) is -0.123. The zero-order valence-electron chi connectivity index (χ0n) is 17.4. The van der Waals surface area contributed by atoms with Crippen LogP contribution in [0.2, 0.25) is 0 Å². The van der Waals surface area contributed by atoms with Crippen LogP contribution < -0.4 is 0 Å². The van der Waals surface area contributed by atoms with E-state index in [2.05, 4.69) is 15.5 Å². The third kappa shape index (κ3) is 9.58. The third-order valence-corrected chi connectivity index (χ3v) is 4.11. The second-order valence-corrected chi connectivity index (χ2v) is 6.39. The minimum Gasteiger partial charge on any atom is -0.411 e. The van der Waals surface area contributed by atoms with Crippen LogP contribution in [0.25, 0.3) is 0 Å². The molecular weight excluding hydrogens is 494 g/mol. The van der Waals surface area contributed by atoms with Gasteiger partial charge in [0.1, 0.15) is 48.0 Å². The first-order valence-corrected chi connectivity index (χ1v) is 9.23. The van der Waals surface area contributed by atoms with Crippen LogP contribution in [0.4, 0.5) is 0 Å². The fraction of sp³-hybridized carbons (Fsp3) is 0.190. The number of oxime groups is 3. The van der Waals surface area contributed by atoms with Gasteiger partial charge in [0.05, 0.1) is 6.61 Å². The Bertz CT molecular complexity index is 937. The number of carbonyl (C=O) groups is 2. The first kappa shape index (κ1) is 30.5. The molecule has 3 aliphatic rings. The van der Waals surface area contributed by atoms with Crippen LogP contribution in [0.15, 0.2) is 86.9 Å². The number of aliphatic hydroxyl groups excluding tert-OH is 4. The topological polar surface area (TPSA) is 213 Å². The van der Waals surface area contributed by atoms with Gasteiger partial charge in [-0.05, 0) is 42.0 Å². The summed E-state index contributed by atoms with van der Waals surface area (Å²) < 4.78 is 0. The van der Waals surface area contributed by atoms with E-state index >= 15 is 0 Å². The van der Waals surface area contributed by atoms with E-state index in [1.54, 1.807) is 6.08 Å². The van der Waals surface area contributed by atoms with Crippen LogP contribution >= 0.6 is 0 Å². The van der Waals surface area contributed by atoms with Gasteiger partial charge in [0.25, 0.3) is 0 Å². The predicted molar refractivity (Wildman–Crippen MR) is 117 cm³/mol. The average Bonchev–Trinajstić information content (AvgIpc) is 2.85. The molecule has 184 valence electrons. The fourth-order valence-electron chi connectivity index (χ4n) is 2.36. The van der Waals surface area contributed by atoms with E-state index in [0.29, 0.717) is 29.3 Å². The van der Waals surface area contributed by atoms with Gasteiger partial charge in [-0.3, -0.25) is 9.59 Å². The molecule has 0 saturated heterocycles. The summed E-state index contributed by atoms with van der Waals surface area (Å²) in [5.41, 5.74) is 1.68. The zero-order valence-corrected chi connectivity index (χ0v) is 18.5.